The van der Waals surface area contributed by atoms with Gasteiger partial charge in [-0.2, -0.15) is 5.10 Å². The Morgan fingerprint density at radius 2 is 1.80 bits per heavy atom. The lowest BCUT2D eigenvalue weighted by molar-refractivity contribution is 0.627. The minimum absolute atomic E-state index is 0.0512. The molecule has 1 aromatic carbocycles. The Labute approximate surface area is 143 Å². The van der Waals surface area contributed by atoms with Crippen LogP contribution in [0.4, 0.5) is 10.2 Å². The number of hydrogen-bond donors (Lipinski definition) is 1. The first kappa shape index (κ1) is 15.2. The molecule has 3 heterocycles. The standard InChI is InChI=1S/C18H15FN6/c1-12(13-6-8-20-9-7-13)24-17-16-10-23-25(18(16)22-11-21-17)15-4-2-14(19)3-5-15/h2-12H,1H3,(H,21,22,24)/t12-/m1/s1. The van der Waals surface area contributed by atoms with Crippen LogP contribution < -0.4 is 5.32 Å². The normalized spacial score (nSPS) is 12.2. The number of aromatic nitrogens is 5. The molecule has 0 radical (unpaired) electrons. The Kier molecular flexibility index (Phi) is 3.81. The van der Waals surface area contributed by atoms with E-state index >= 15 is 0 Å². The Morgan fingerprint density at radius 1 is 1.04 bits per heavy atom. The van der Waals surface area contributed by atoms with Crippen molar-refractivity contribution < 1.29 is 4.39 Å². The summed E-state index contributed by atoms with van der Waals surface area (Å²) in [6.07, 6.45) is 6.72. The zero-order valence-corrected chi connectivity index (χ0v) is 13.5. The van der Waals surface area contributed by atoms with E-state index in [1.807, 2.05) is 19.1 Å². The van der Waals surface area contributed by atoms with Crippen LogP contribution in [0.2, 0.25) is 0 Å². The summed E-state index contributed by atoms with van der Waals surface area (Å²) < 4.78 is 14.8. The van der Waals surface area contributed by atoms with Crippen LogP contribution in [-0.2, 0) is 0 Å². The van der Waals surface area contributed by atoms with Gasteiger partial charge < -0.3 is 5.32 Å². The zero-order chi connectivity index (χ0) is 17.2. The van der Waals surface area contributed by atoms with E-state index in [1.165, 1.54) is 18.5 Å². The molecule has 0 fully saturated rings. The summed E-state index contributed by atoms with van der Waals surface area (Å²) in [6.45, 7) is 2.05. The van der Waals surface area contributed by atoms with Crippen molar-refractivity contribution in [2.24, 2.45) is 0 Å². The molecule has 3 aromatic heterocycles. The van der Waals surface area contributed by atoms with Crippen molar-refractivity contribution in [3.05, 3.63) is 72.7 Å². The van der Waals surface area contributed by atoms with Crippen LogP contribution >= 0.6 is 0 Å². The second kappa shape index (κ2) is 6.27. The van der Waals surface area contributed by atoms with E-state index in [0.717, 1.165) is 16.6 Å². The van der Waals surface area contributed by atoms with Gasteiger partial charge in [0.25, 0.3) is 0 Å². The predicted molar refractivity (Wildman–Crippen MR) is 92.9 cm³/mol. The molecule has 0 spiro atoms. The molecule has 1 N–H and O–H groups in total. The molecule has 4 aromatic rings. The molecule has 1 atom stereocenters. The Hall–Kier alpha value is -3.35. The molecule has 0 aliphatic heterocycles. The van der Waals surface area contributed by atoms with Gasteiger partial charge in [0.2, 0.25) is 0 Å². The largest absolute Gasteiger partial charge is 0.363 e. The predicted octanol–water partition coefficient (Wildman–Crippen LogP) is 3.52. The maximum atomic E-state index is 13.1. The van der Waals surface area contributed by atoms with E-state index in [-0.39, 0.29) is 11.9 Å². The van der Waals surface area contributed by atoms with E-state index in [1.54, 1.807) is 35.4 Å². The highest BCUT2D eigenvalue weighted by Crippen LogP contribution is 2.25. The van der Waals surface area contributed by atoms with E-state index in [0.29, 0.717) is 11.5 Å². The maximum absolute atomic E-state index is 13.1. The second-order valence-electron chi connectivity index (χ2n) is 5.64. The van der Waals surface area contributed by atoms with Crippen LogP contribution in [0.1, 0.15) is 18.5 Å². The summed E-state index contributed by atoms with van der Waals surface area (Å²) in [5.74, 6) is 0.408. The summed E-state index contributed by atoms with van der Waals surface area (Å²) in [7, 11) is 0. The van der Waals surface area contributed by atoms with Crippen LogP contribution in [0.3, 0.4) is 0 Å². The van der Waals surface area contributed by atoms with Gasteiger partial charge in [-0.15, -0.1) is 0 Å². The van der Waals surface area contributed by atoms with Gasteiger partial charge >= 0.3 is 0 Å². The van der Waals surface area contributed by atoms with Crippen molar-refractivity contribution in [2.45, 2.75) is 13.0 Å². The molecule has 0 aliphatic carbocycles. The molecular weight excluding hydrogens is 319 g/mol. The summed E-state index contributed by atoms with van der Waals surface area (Å²) in [6, 6.07) is 10.1. The first-order chi connectivity index (χ1) is 12.2. The fourth-order valence-electron chi connectivity index (χ4n) is 2.67. The number of rotatable bonds is 4. The van der Waals surface area contributed by atoms with Gasteiger partial charge in [0, 0.05) is 12.4 Å². The van der Waals surface area contributed by atoms with Crippen LogP contribution in [0.15, 0.2) is 61.3 Å². The zero-order valence-electron chi connectivity index (χ0n) is 13.5. The Morgan fingerprint density at radius 3 is 2.56 bits per heavy atom. The number of nitrogens with one attached hydrogen (secondary N) is 1. The molecule has 0 saturated carbocycles. The number of anilines is 1. The van der Waals surface area contributed by atoms with Gasteiger partial charge in [-0.25, -0.2) is 19.0 Å². The molecule has 6 nitrogen and oxygen atoms in total. The van der Waals surface area contributed by atoms with E-state index in [2.05, 4.69) is 25.4 Å². The lowest BCUT2D eigenvalue weighted by Gasteiger charge is -2.15. The summed E-state index contributed by atoms with van der Waals surface area (Å²) in [4.78, 5) is 12.7. The van der Waals surface area contributed by atoms with Crippen LogP contribution in [-0.4, -0.2) is 24.7 Å². The molecule has 0 unspecified atom stereocenters. The topological polar surface area (TPSA) is 68.5 Å². The van der Waals surface area contributed by atoms with E-state index in [9.17, 15) is 4.39 Å². The fraction of sp³-hybridized carbons (Fsp3) is 0.111. The van der Waals surface area contributed by atoms with E-state index < -0.39 is 0 Å². The van der Waals surface area contributed by atoms with Gasteiger partial charge in [0.1, 0.15) is 18.0 Å². The van der Waals surface area contributed by atoms with E-state index in [4.69, 9.17) is 0 Å². The number of hydrogen-bond acceptors (Lipinski definition) is 5. The average Bonchev–Trinajstić information content (AvgIpc) is 3.08. The Bertz CT molecular complexity index is 997. The van der Waals surface area contributed by atoms with Crippen molar-refractivity contribution in [1.29, 1.82) is 0 Å². The van der Waals surface area contributed by atoms with Gasteiger partial charge in [0.15, 0.2) is 5.65 Å². The second-order valence-corrected chi connectivity index (χ2v) is 5.64. The third-order valence-corrected chi connectivity index (χ3v) is 4.00. The third-order valence-electron chi connectivity index (χ3n) is 4.00. The number of halogens is 1. The van der Waals surface area contributed by atoms with Crippen molar-refractivity contribution in [2.75, 3.05) is 5.32 Å². The summed E-state index contributed by atoms with van der Waals surface area (Å²) >= 11 is 0. The molecule has 0 saturated heterocycles. The number of fused-ring (bicyclic) bond motifs is 1. The SMILES string of the molecule is C[C@@H](Nc1ncnc2c1cnn2-c1ccc(F)cc1)c1ccncc1. The summed E-state index contributed by atoms with van der Waals surface area (Å²) in [5.41, 5.74) is 2.50. The van der Waals surface area contributed by atoms with Crippen molar-refractivity contribution in [3.63, 3.8) is 0 Å². The minimum Gasteiger partial charge on any atom is -0.363 e. The lowest BCUT2D eigenvalue weighted by Crippen LogP contribution is -2.08. The van der Waals surface area contributed by atoms with Gasteiger partial charge in [-0.05, 0) is 48.9 Å². The van der Waals surface area contributed by atoms with Crippen molar-refractivity contribution in [1.82, 2.24) is 24.7 Å². The molecule has 0 aliphatic rings. The van der Waals surface area contributed by atoms with Gasteiger partial charge in [-0.3, -0.25) is 4.98 Å². The third kappa shape index (κ3) is 2.91. The molecule has 0 bridgehead atoms. The first-order valence-corrected chi connectivity index (χ1v) is 7.83. The molecule has 25 heavy (non-hydrogen) atoms. The smallest absolute Gasteiger partial charge is 0.168 e. The van der Waals surface area contributed by atoms with Crippen LogP contribution in [0.25, 0.3) is 16.7 Å². The Balaban J connectivity index is 1.71. The molecule has 0 amide bonds. The van der Waals surface area contributed by atoms with Crippen LogP contribution in [0, 0.1) is 5.82 Å². The number of nitrogens with zero attached hydrogens (tertiary/aromatic N) is 5. The molecule has 7 heteroatoms. The van der Waals surface area contributed by atoms with Crippen LogP contribution in [0.5, 0.6) is 0 Å². The first-order valence-electron chi connectivity index (χ1n) is 7.83. The summed E-state index contributed by atoms with van der Waals surface area (Å²) in [5, 5.41) is 8.56. The number of pyridine rings is 1. The molecule has 4 rings (SSSR count). The molecule has 124 valence electrons. The minimum atomic E-state index is -0.289. The highest BCUT2D eigenvalue weighted by molar-refractivity contribution is 5.87. The monoisotopic (exact) mass is 334 g/mol. The molecular formula is C18H15FN6. The highest BCUT2D eigenvalue weighted by atomic mass is 19.1. The number of benzene rings is 1. The highest BCUT2D eigenvalue weighted by Gasteiger charge is 2.13. The lowest BCUT2D eigenvalue weighted by atomic mass is 10.1. The van der Waals surface area contributed by atoms with Gasteiger partial charge in [-0.1, -0.05) is 0 Å². The van der Waals surface area contributed by atoms with Gasteiger partial charge in [0.05, 0.1) is 23.3 Å². The van der Waals surface area contributed by atoms with Crippen molar-refractivity contribution >= 4 is 16.9 Å². The fourth-order valence-corrected chi connectivity index (χ4v) is 2.67. The maximum Gasteiger partial charge on any atom is 0.168 e. The average molecular weight is 334 g/mol. The van der Waals surface area contributed by atoms with Crippen molar-refractivity contribution in [3.8, 4) is 5.69 Å². The quantitative estimate of drug-likeness (QED) is 0.618.